The molecule has 0 aliphatic carbocycles. The minimum Gasteiger partial charge on any atom is -0.490 e. The summed E-state index contributed by atoms with van der Waals surface area (Å²) in [7, 11) is 1.62. The lowest BCUT2D eigenvalue weighted by molar-refractivity contribution is 0.0619. The number of aliphatic hydroxyl groups excluding tert-OH is 1. The Labute approximate surface area is 161 Å². The van der Waals surface area contributed by atoms with Gasteiger partial charge in [-0.25, -0.2) is 0 Å². The fourth-order valence-corrected chi connectivity index (χ4v) is 3.48. The van der Waals surface area contributed by atoms with E-state index in [0.717, 1.165) is 24.2 Å². The van der Waals surface area contributed by atoms with Crippen LogP contribution in [0.25, 0.3) is 11.1 Å². The molecular weight excluding hydrogens is 340 g/mol. The average Bonchev–Trinajstić information content (AvgIpc) is 2.72. The number of piperidine rings is 1. The Bertz CT molecular complexity index is 757. The number of nitrogens with one attached hydrogen (secondary N) is 1. The van der Waals surface area contributed by atoms with Crippen LogP contribution >= 0.6 is 0 Å². The van der Waals surface area contributed by atoms with Gasteiger partial charge in [-0.15, -0.1) is 0 Å². The van der Waals surface area contributed by atoms with E-state index in [2.05, 4.69) is 10.2 Å². The standard InChI is InChI=1S/C22H28N2O3/c1-23-22(26)18-9-7-8-17(14-18)20-10-3-4-11-21(20)27-16-19(25)15-24-12-5-2-6-13-24/h3-4,7-11,14,19,25H,2,5-6,12-13,15-16H2,1H3,(H,23,26)/t19-/m1/s1. The summed E-state index contributed by atoms with van der Waals surface area (Å²) in [6, 6.07) is 15.2. The summed E-state index contributed by atoms with van der Waals surface area (Å²) in [6.45, 7) is 3.01. The molecule has 0 radical (unpaired) electrons. The van der Waals surface area contributed by atoms with Crippen LogP contribution in [0.2, 0.25) is 0 Å². The molecule has 0 aromatic heterocycles. The number of amides is 1. The molecule has 1 amide bonds. The van der Waals surface area contributed by atoms with E-state index in [0.29, 0.717) is 17.9 Å². The van der Waals surface area contributed by atoms with Crippen LogP contribution < -0.4 is 10.1 Å². The molecule has 0 saturated carbocycles. The predicted molar refractivity (Wildman–Crippen MR) is 107 cm³/mol. The maximum Gasteiger partial charge on any atom is 0.251 e. The maximum absolute atomic E-state index is 11.9. The van der Waals surface area contributed by atoms with E-state index in [1.165, 1.54) is 19.3 Å². The Kier molecular flexibility index (Phi) is 6.85. The van der Waals surface area contributed by atoms with Crippen molar-refractivity contribution in [3.63, 3.8) is 0 Å². The molecule has 2 N–H and O–H groups in total. The van der Waals surface area contributed by atoms with Gasteiger partial charge in [-0.3, -0.25) is 4.79 Å². The van der Waals surface area contributed by atoms with Crippen molar-refractivity contribution in [1.82, 2.24) is 10.2 Å². The molecule has 0 spiro atoms. The fraction of sp³-hybridized carbons (Fsp3) is 0.409. The normalized spacial score (nSPS) is 15.9. The van der Waals surface area contributed by atoms with Gasteiger partial charge in [0.25, 0.3) is 5.91 Å². The molecular formula is C22H28N2O3. The molecule has 144 valence electrons. The monoisotopic (exact) mass is 368 g/mol. The Hall–Kier alpha value is -2.37. The molecule has 1 saturated heterocycles. The summed E-state index contributed by atoms with van der Waals surface area (Å²) in [5, 5.41) is 13.0. The number of ether oxygens (including phenoxy) is 1. The summed E-state index contributed by atoms with van der Waals surface area (Å²) in [6.07, 6.45) is 3.18. The summed E-state index contributed by atoms with van der Waals surface area (Å²) in [5.41, 5.74) is 2.43. The Balaban J connectivity index is 1.68. The predicted octanol–water partition coefficient (Wildman–Crippen LogP) is 2.94. The molecule has 2 aromatic rings. The van der Waals surface area contributed by atoms with E-state index in [9.17, 15) is 9.90 Å². The van der Waals surface area contributed by atoms with Crippen molar-refractivity contribution in [2.75, 3.05) is 33.3 Å². The lowest BCUT2D eigenvalue weighted by atomic mass is 10.0. The topological polar surface area (TPSA) is 61.8 Å². The maximum atomic E-state index is 11.9. The molecule has 2 aromatic carbocycles. The van der Waals surface area contributed by atoms with Crippen molar-refractivity contribution in [1.29, 1.82) is 0 Å². The molecule has 1 fully saturated rings. The zero-order valence-electron chi connectivity index (χ0n) is 15.9. The zero-order chi connectivity index (χ0) is 19.1. The highest BCUT2D eigenvalue weighted by molar-refractivity contribution is 5.95. The van der Waals surface area contributed by atoms with Gasteiger partial charge in [0, 0.05) is 24.7 Å². The largest absolute Gasteiger partial charge is 0.490 e. The van der Waals surface area contributed by atoms with Crippen LogP contribution in [0, 0.1) is 0 Å². The van der Waals surface area contributed by atoms with Crippen LogP contribution in [0.5, 0.6) is 5.75 Å². The van der Waals surface area contributed by atoms with Crippen molar-refractivity contribution < 1.29 is 14.6 Å². The highest BCUT2D eigenvalue weighted by Gasteiger charge is 2.16. The van der Waals surface area contributed by atoms with Gasteiger partial charge < -0.3 is 20.1 Å². The van der Waals surface area contributed by atoms with Gasteiger partial charge in [0.2, 0.25) is 0 Å². The van der Waals surface area contributed by atoms with Crippen molar-refractivity contribution in [3.05, 3.63) is 54.1 Å². The SMILES string of the molecule is CNC(=O)c1cccc(-c2ccccc2OC[C@H](O)CN2CCCCC2)c1. The van der Waals surface area contributed by atoms with Gasteiger partial charge in [0.05, 0.1) is 0 Å². The third kappa shape index (κ3) is 5.31. The first kappa shape index (κ1) is 19.4. The summed E-state index contributed by atoms with van der Waals surface area (Å²) in [4.78, 5) is 14.2. The second kappa shape index (κ2) is 9.53. The summed E-state index contributed by atoms with van der Waals surface area (Å²) in [5.74, 6) is 0.594. The smallest absolute Gasteiger partial charge is 0.251 e. The first-order chi connectivity index (χ1) is 13.2. The number of carbonyl (C=O) groups is 1. The van der Waals surface area contributed by atoms with E-state index >= 15 is 0 Å². The summed E-state index contributed by atoms with van der Waals surface area (Å²) >= 11 is 0. The number of β-amino-alcohol motifs (C(OH)–C–C–N with tert-alkyl or cyclic N) is 1. The number of hydrogen-bond acceptors (Lipinski definition) is 4. The van der Waals surface area contributed by atoms with E-state index in [1.807, 2.05) is 42.5 Å². The molecule has 1 heterocycles. The molecule has 0 bridgehead atoms. The number of carbonyl (C=O) groups excluding carboxylic acids is 1. The van der Waals surface area contributed by atoms with Crippen LogP contribution in [0.15, 0.2) is 48.5 Å². The lowest BCUT2D eigenvalue weighted by Crippen LogP contribution is -2.38. The van der Waals surface area contributed by atoms with Crippen LogP contribution in [0.4, 0.5) is 0 Å². The van der Waals surface area contributed by atoms with E-state index in [4.69, 9.17) is 4.74 Å². The number of rotatable bonds is 7. The van der Waals surface area contributed by atoms with Crippen LogP contribution in [0.3, 0.4) is 0 Å². The number of aliphatic hydroxyl groups is 1. The quantitative estimate of drug-likeness (QED) is 0.789. The minimum atomic E-state index is -0.520. The Morgan fingerprint density at radius 2 is 1.93 bits per heavy atom. The van der Waals surface area contributed by atoms with Gasteiger partial charge in [0.1, 0.15) is 18.5 Å². The van der Waals surface area contributed by atoms with Crippen molar-refractivity contribution in [2.45, 2.75) is 25.4 Å². The molecule has 27 heavy (non-hydrogen) atoms. The van der Waals surface area contributed by atoms with Gasteiger partial charge in [0.15, 0.2) is 0 Å². The number of para-hydroxylation sites is 1. The molecule has 0 unspecified atom stereocenters. The number of nitrogens with zero attached hydrogens (tertiary/aromatic N) is 1. The number of benzene rings is 2. The van der Waals surface area contributed by atoms with E-state index in [-0.39, 0.29) is 12.5 Å². The molecule has 1 aliphatic rings. The zero-order valence-corrected chi connectivity index (χ0v) is 15.9. The summed E-state index contributed by atoms with van der Waals surface area (Å²) < 4.78 is 5.94. The number of hydrogen-bond donors (Lipinski definition) is 2. The second-order valence-electron chi connectivity index (χ2n) is 6.98. The van der Waals surface area contributed by atoms with Crippen molar-refractivity contribution in [2.24, 2.45) is 0 Å². The van der Waals surface area contributed by atoms with Crippen molar-refractivity contribution in [3.8, 4) is 16.9 Å². The first-order valence-electron chi connectivity index (χ1n) is 9.62. The van der Waals surface area contributed by atoms with Crippen LogP contribution in [-0.2, 0) is 0 Å². The molecule has 1 aliphatic heterocycles. The van der Waals surface area contributed by atoms with E-state index < -0.39 is 6.10 Å². The first-order valence-corrected chi connectivity index (χ1v) is 9.62. The van der Waals surface area contributed by atoms with Gasteiger partial charge >= 0.3 is 0 Å². The molecule has 3 rings (SSSR count). The number of likely N-dealkylation sites (tertiary alicyclic amines) is 1. The Morgan fingerprint density at radius 1 is 1.15 bits per heavy atom. The van der Waals surface area contributed by atoms with Gasteiger partial charge in [-0.05, 0) is 49.7 Å². The van der Waals surface area contributed by atoms with Crippen LogP contribution in [-0.4, -0.2) is 55.3 Å². The van der Waals surface area contributed by atoms with Crippen molar-refractivity contribution >= 4 is 5.91 Å². The molecule has 1 atom stereocenters. The third-order valence-electron chi connectivity index (χ3n) is 4.90. The fourth-order valence-electron chi connectivity index (χ4n) is 3.48. The second-order valence-corrected chi connectivity index (χ2v) is 6.98. The van der Waals surface area contributed by atoms with Gasteiger partial charge in [-0.2, -0.15) is 0 Å². The molecule has 5 nitrogen and oxygen atoms in total. The van der Waals surface area contributed by atoms with Gasteiger partial charge in [-0.1, -0.05) is 36.8 Å². The molecule has 5 heteroatoms. The van der Waals surface area contributed by atoms with E-state index in [1.54, 1.807) is 13.1 Å². The average molecular weight is 368 g/mol. The minimum absolute atomic E-state index is 0.118. The highest BCUT2D eigenvalue weighted by atomic mass is 16.5. The third-order valence-corrected chi connectivity index (χ3v) is 4.90. The van der Waals surface area contributed by atoms with Crippen LogP contribution in [0.1, 0.15) is 29.6 Å². The highest BCUT2D eigenvalue weighted by Crippen LogP contribution is 2.30. The Morgan fingerprint density at radius 3 is 2.70 bits per heavy atom. The lowest BCUT2D eigenvalue weighted by Gasteiger charge is -2.28.